The predicted octanol–water partition coefficient (Wildman–Crippen LogP) is 5.17. The van der Waals surface area contributed by atoms with Crippen molar-refractivity contribution in [2.45, 2.75) is 20.8 Å². The first-order chi connectivity index (χ1) is 13.8. The molecule has 0 saturated heterocycles. The largest absolute Gasteiger partial charge is 0.321 e. The topological polar surface area (TPSA) is 90.1 Å². The molecule has 4 aromatic rings. The lowest BCUT2D eigenvalue weighted by atomic mass is 10.1. The van der Waals surface area contributed by atoms with Crippen molar-refractivity contribution >= 4 is 38.8 Å². The highest BCUT2D eigenvalue weighted by Crippen LogP contribution is 2.32. The Hall–Kier alpha value is -3.52. The van der Waals surface area contributed by atoms with Crippen LogP contribution in [0.2, 0.25) is 0 Å². The van der Waals surface area contributed by atoms with Crippen LogP contribution in [0.1, 0.15) is 26.5 Å². The van der Waals surface area contributed by atoms with E-state index in [0.717, 1.165) is 27.2 Å². The normalized spacial score (nSPS) is 11.0. The summed E-state index contributed by atoms with van der Waals surface area (Å²) in [4.78, 5) is 25.0. The number of rotatable bonds is 4. The Kier molecular flexibility index (Phi) is 4.63. The quantitative estimate of drug-likeness (QED) is 0.374. The number of carbonyl (C=O) groups excluding carboxylic acids is 1. The molecule has 0 atom stereocenters. The number of hydrogen-bond donors (Lipinski definition) is 1. The molecule has 0 radical (unpaired) electrons. The molecule has 2 heterocycles. The minimum Gasteiger partial charge on any atom is -0.321 e. The van der Waals surface area contributed by atoms with Gasteiger partial charge in [-0.3, -0.25) is 14.9 Å². The van der Waals surface area contributed by atoms with Crippen LogP contribution < -0.4 is 5.32 Å². The summed E-state index contributed by atoms with van der Waals surface area (Å²) in [6, 6.07) is 14.7. The zero-order valence-electron chi connectivity index (χ0n) is 16.1. The minimum absolute atomic E-state index is 0.0159. The summed E-state index contributed by atoms with van der Waals surface area (Å²) < 4.78 is 1.83. The van der Waals surface area contributed by atoms with Crippen LogP contribution in [0.4, 0.5) is 11.4 Å². The van der Waals surface area contributed by atoms with Crippen molar-refractivity contribution in [1.82, 2.24) is 9.78 Å². The van der Waals surface area contributed by atoms with Crippen LogP contribution in [-0.2, 0) is 0 Å². The number of amides is 1. The van der Waals surface area contributed by atoms with E-state index in [-0.39, 0.29) is 11.6 Å². The Balaban J connectivity index is 1.70. The molecule has 29 heavy (non-hydrogen) atoms. The van der Waals surface area contributed by atoms with E-state index in [2.05, 4.69) is 10.4 Å². The lowest BCUT2D eigenvalue weighted by Crippen LogP contribution is -2.11. The number of aromatic nitrogens is 2. The first-order valence-corrected chi connectivity index (χ1v) is 9.78. The monoisotopic (exact) mass is 406 g/mol. The third-order valence-electron chi connectivity index (χ3n) is 4.76. The summed E-state index contributed by atoms with van der Waals surface area (Å²) in [7, 11) is 0. The Labute approximate surface area is 170 Å². The van der Waals surface area contributed by atoms with Crippen molar-refractivity contribution in [3.8, 4) is 5.69 Å². The molecule has 1 amide bonds. The van der Waals surface area contributed by atoms with Crippen LogP contribution in [0.3, 0.4) is 0 Å². The average Bonchev–Trinajstić information content (AvgIpc) is 3.25. The van der Waals surface area contributed by atoms with E-state index < -0.39 is 4.92 Å². The molecule has 7 nitrogen and oxygen atoms in total. The highest BCUT2D eigenvalue weighted by atomic mass is 32.1. The standard InChI is InChI=1S/C21H18N4O3S/c1-12-9-13(2)18(25(27)28)11-17(12)22-20(26)19-10-16-14(3)23-24(21(16)29-19)15-7-5-4-6-8-15/h4-11H,1-3H3,(H,22,26). The Bertz CT molecular complexity index is 1260. The fraction of sp³-hybridized carbons (Fsp3) is 0.143. The lowest BCUT2D eigenvalue weighted by molar-refractivity contribution is -0.385. The van der Waals surface area contributed by atoms with E-state index in [9.17, 15) is 14.9 Å². The molecule has 0 aliphatic heterocycles. The number of nitrogens with zero attached hydrogens (tertiary/aromatic N) is 3. The number of nitro groups is 1. The number of nitrogens with one attached hydrogen (secondary N) is 1. The minimum atomic E-state index is -0.443. The molecule has 0 aliphatic rings. The molecule has 0 fully saturated rings. The number of hydrogen-bond acceptors (Lipinski definition) is 5. The van der Waals surface area contributed by atoms with E-state index >= 15 is 0 Å². The molecule has 0 unspecified atom stereocenters. The molecule has 2 aromatic carbocycles. The molecule has 0 bridgehead atoms. The molecule has 0 aliphatic carbocycles. The Morgan fingerprint density at radius 3 is 2.52 bits per heavy atom. The van der Waals surface area contributed by atoms with Crippen molar-refractivity contribution in [3.63, 3.8) is 0 Å². The number of carbonyl (C=O) groups is 1. The molecule has 0 saturated carbocycles. The van der Waals surface area contributed by atoms with Crippen molar-refractivity contribution in [2.24, 2.45) is 0 Å². The number of thiophene rings is 1. The highest BCUT2D eigenvalue weighted by molar-refractivity contribution is 7.20. The van der Waals surface area contributed by atoms with Gasteiger partial charge in [0.1, 0.15) is 4.83 Å². The second-order valence-electron chi connectivity index (χ2n) is 6.83. The van der Waals surface area contributed by atoms with Crippen LogP contribution in [0.25, 0.3) is 15.9 Å². The summed E-state index contributed by atoms with van der Waals surface area (Å²) in [5.41, 5.74) is 3.51. The zero-order chi connectivity index (χ0) is 20.7. The Morgan fingerprint density at radius 1 is 1.10 bits per heavy atom. The van der Waals surface area contributed by atoms with Gasteiger partial charge in [0.15, 0.2) is 0 Å². The number of fused-ring (bicyclic) bond motifs is 1. The van der Waals surface area contributed by atoms with Gasteiger partial charge in [-0.25, -0.2) is 4.68 Å². The second kappa shape index (κ2) is 7.14. The fourth-order valence-electron chi connectivity index (χ4n) is 3.26. The van der Waals surface area contributed by atoms with Crippen LogP contribution in [-0.4, -0.2) is 20.6 Å². The van der Waals surface area contributed by atoms with Crippen molar-refractivity contribution in [1.29, 1.82) is 0 Å². The summed E-state index contributed by atoms with van der Waals surface area (Å²) in [5.74, 6) is -0.300. The van der Waals surface area contributed by atoms with Gasteiger partial charge in [0, 0.05) is 17.0 Å². The summed E-state index contributed by atoms with van der Waals surface area (Å²) in [6.07, 6.45) is 0. The van der Waals surface area contributed by atoms with E-state index in [4.69, 9.17) is 0 Å². The van der Waals surface area contributed by atoms with Crippen molar-refractivity contribution in [3.05, 3.63) is 80.3 Å². The third-order valence-corrected chi connectivity index (χ3v) is 5.87. The molecular formula is C21H18N4O3S. The molecule has 2 aromatic heterocycles. The molecule has 0 spiro atoms. The van der Waals surface area contributed by atoms with Gasteiger partial charge in [-0.1, -0.05) is 18.2 Å². The number of nitro benzene ring substituents is 1. The van der Waals surface area contributed by atoms with E-state index in [1.54, 1.807) is 13.0 Å². The van der Waals surface area contributed by atoms with Crippen LogP contribution in [0, 0.1) is 30.9 Å². The highest BCUT2D eigenvalue weighted by Gasteiger charge is 2.19. The first kappa shape index (κ1) is 18.8. The van der Waals surface area contributed by atoms with Crippen LogP contribution in [0.15, 0.2) is 48.5 Å². The maximum atomic E-state index is 12.9. The molecule has 146 valence electrons. The van der Waals surface area contributed by atoms with E-state index in [1.165, 1.54) is 17.4 Å². The summed E-state index contributed by atoms with van der Waals surface area (Å²) in [5, 5.41) is 19.5. The Morgan fingerprint density at radius 2 is 1.83 bits per heavy atom. The maximum absolute atomic E-state index is 12.9. The van der Waals surface area contributed by atoms with Gasteiger partial charge < -0.3 is 5.32 Å². The van der Waals surface area contributed by atoms with Gasteiger partial charge >= 0.3 is 0 Å². The van der Waals surface area contributed by atoms with Gasteiger partial charge in [0.2, 0.25) is 0 Å². The number of anilines is 1. The molecule has 4 rings (SSSR count). The van der Waals surface area contributed by atoms with Gasteiger partial charge in [-0.2, -0.15) is 5.10 Å². The summed E-state index contributed by atoms with van der Waals surface area (Å²) >= 11 is 1.34. The molecular weight excluding hydrogens is 388 g/mol. The smallest absolute Gasteiger partial charge is 0.274 e. The lowest BCUT2D eigenvalue weighted by Gasteiger charge is -2.09. The van der Waals surface area contributed by atoms with Crippen molar-refractivity contribution < 1.29 is 9.72 Å². The first-order valence-electron chi connectivity index (χ1n) is 8.96. The number of benzene rings is 2. The van der Waals surface area contributed by atoms with Gasteiger partial charge in [-0.05, 0) is 50.6 Å². The predicted molar refractivity (Wildman–Crippen MR) is 114 cm³/mol. The molecule has 1 N–H and O–H groups in total. The SMILES string of the molecule is Cc1cc(C)c([N+](=O)[O-])cc1NC(=O)c1cc2c(C)nn(-c3ccccc3)c2s1. The van der Waals surface area contributed by atoms with Crippen molar-refractivity contribution in [2.75, 3.05) is 5.32 Å². The fourth-order valence-corrected chi connectivity index (χ4v) is 4.34. The third kappa shape index (κ3) is 3.38. The summed E-state index contributed by atoms with van der Waals surface area (Å²) in [6.45, 7) is 5.40. The van der Waals surface area contributed by atoms with Gasteiger partial charge in [0.25, 0.3) is 11.6 Å². The second-order valence-corrected chi connectivity index (χ2v) is 7.86. The maximum Gasteiger partial charge on any atom is 0.274 e. The van der Waals surface area contributed by atoms with Crippen LogP contribution >= 0.6 is 11.3 Å². The van der Waals surface area contributed by atoms with Crippen LogP contribution in [0.5, 0.6) is 0 Å². The average molecular weight is 406 g/mol. The van der Waals surface area contributed by atoms with E-state index in [0.29, 0.717) is 16.1 Å². The van der Waals surface area contributed by atoms with E-state index in [1.807, 2.05) is 54.9 Å². The number of para-hydroxylation sites is 1. The van der Waals surface area contributed by atoms with Gasteiger partial charge in [-0.15, -0.1) is 11.3 Å². The zero-order valence-corrected chi connectivity index (χ0v) is 16.9. The number of aryl methyl sites for hydroxylation is 3. The molecule has 8 heteroatoms. The van der Waals surface area contributed by atoms with Gasteiger partial charge in [0.05, 0.1) is 26.9 Å².